The average molecular weight is 546 g/mol. The molecule has 0 unspecified atom stereocenters. The first kappa shape index (κ1) is 26.8. The molecule has 0 radical (unpaired) electrons. The first-order valence-electron chi connectivity index (χ1n) is 12.6. The van der Waals surface area contributed by atoms with E-state index < -0.39 is 29.8 Å². The van der Waals surface area contributed by atoms with Crippen LogP contribution >= 0.6 is 0 Å². The van der Waals surface area contributed by atoms with E-state index in [1.807, 2.05) is 24.3 Å². The van der Waals surface area contributed by atoms with E-state index >= 15 is 0 Å². The molecule has 0 saturated carbocycles. The van der Waals surface area contributed by atoms with Gasteiger partial charge in [-0.05, 0) is 83.6 Å². The first-order chi connectivity index (χ1) is 19.2. The Morgan fingerprint density at radius 3 is 2.10 bits per heavy atom. The van der Waals surface area contributed by atoms with Gasteiger partial charge >= 0.3 is 6.16 Å². The van der Waals surface area contributed by atoms with Gasteiger partial charge in [-0.3, -0.25) is 4.79 Å². The summed E-state index contributed by atoms with van der Waals surface area (Å²) < 4.78 is 31.5. The van der Waals surface area contributed by atoms with Gasteiger partial charge in [-0.1, -0.05) is 42.5 Å². The second-order valence-electron chi connectivity index (χ2n) is 9.55. The van der Waals surface area contributed by atoms with Gasteiger partial charge < -0.3 is 25.0 Å². The Balaban J connectivity index is 1.40. The van der Waals surface area contributed by atoms with Crippen molar-refractivity contribution in [2.75, 3.05) is 4.90 Å². The number of amides is 1. The van der Waals surface area contributed by atoms with Crippen molar-refractivity contribution in [1.29, 1.82) is 0 Å². The van der Waals surface area contributed by atoms with E-state index in [0.29, 0.717) is 23.2 Å². The molecule has 0 spiro atoms. The number of halogens is 2. The molecule has 1 fully saturated rings. The summed E-state index contributed by atoms with van der Waals surface area (Å²) in [5, 5.41) is 29.4. The predicted octanol–water partition coefficient (Wildman–Crippen LogP) is 6.61. The van der Waals surface area contributed by atoms with Crippen LogP contribution in [0.15, 0.2) is 91.0 Å². The minimum Gasteiger partial charge on any atom is -0.504 e. The summed E-state index contributed by atoms with van der Waals surface area (Å²) >= 11 is 0. The Labute approximate surface area is 228 Å². The molecule has 0 bridgehead atoms. The predicted molar refractivity (Wildman–Crippen MR) is 143 cm³/mol. The van der Waals surface area contributed by atoms with E-state index in [1.165, 1.54) is 48.5 Å². The van der Waals surface area contributed by atoms with Gasteiger partial charge in [0.05, 0.1) is 18.1 Å². The number of β-lactam (4-membered cyclic amide) rings is 1. The highest BCUT2D eigenvalue weighted by Gasteiger charge is 2.48. The molecular formula is C31H25F2NO6. The Morgan fingerprint density at radius 1 is 0.875 bits per heavy atom. The highest BCUT2D eigenvalue weighted by atomic mass is 19.1. The molecule has 7 nitrogen and oxygen atoms in total. The van der Waals surface area contributed by atoms with Crippen LogP contribution in [0.1, 0.15) is 36.1 Å². The maximum absolute atomic E-state index is 13.6. The van der Waals surface area contributed by atoms with E-state index in [1.54, 1.807) is 23.1 Å². The molecule has 0 aliphatic carbocycles. The van der Waals surface area contributed by atoms with Crippen LogP contribution < -0.4 is 9.64 Å². The Kier molecular flexibility index (Phi) is 7.48. The summed E-state index contributed by atoms with van der Waals surface area (Å²) in [6.07, 6.45) is -1.76. The third-order valence-corrected chi connectivity index (χ3v) is 7.07. The SMILES string of the molecule is O=C(O)Oc1cc(-c2ccc([C@@H]3[C@@H](CC[C@H](O)c4ccc(F)cc4)C(=O)N3c3ccc(F)cc3)cc2)ccc1O. The van der Waals surface area contributed by atoms with Crippen molar-refractivity contribution in [2.24, 2.45) is 5.92 Å². The number of anilines is 1. The minimum atomic E-state index is -1.55. The lowest BCUT2D eigenvalue weighted by molar-refractivity contribution is -0.131. The topological polar surface area (TPSA) is 107 Å². The monoisotopic (exact) mass is 545 g/mol. The van der Waals surface area contributed by atoms with Crippen LogP contribution in [0.2, 0.25) is 0 Å². The van der Waals surface area contributed by atoms with Crippen molar-refractivity contribution in [2.45, 2.75) is 25.0 Å². The van der Waals surface area contributed by atoms with E-state index in [2.05, 4.69) is 4.74 Å². The fraction of sp³-hybridized carbons (Fsp3) is 0.161. The van der Waals surface area contributed by atoms with Crippen LogP contribution in [0.5, 0.6) is 11.5 Å². The van der Waals surface area contributed by atoms with E-state index in [4.69, 9.17) is 5.11 Å². The molecule has 1 amide bonds. The summed E-state index contributed by atoms with van der Waals surface area (Å²) in [5.74, 6) is -1.92. The minimum absolute atomic E-state index is 0.152. The van der Waals surface area contributed by atoms with Gasteiger partial charge in [0.25, 0.3) is 0 Å². The van der Waals surface area contributed by atoms with E-state index in [-0.39, 0.29) is 29.9 Å². The van der Waals surface area contributed by atoms with Gasteiger partial charge in [0, 0.05) is 5.69 Å². The second kappa shape index (κ2) is 11.2. The molecule has 3 atom stereocenters. The third-order valence-electron chi connectivity index (χ3n) is 7.07. The maximum Gasteiger partial charge on any atom is 0.511 e. The molecule has 4 aromatic carbocycles. The normalized spacial score (nSPS) is 17.3. The van der Waals surface area contributed by atoms with Crippen LogP contribution in [-0.4, -0.2) is 27.4 Å². The zero-order valence-electron chi connectivity index (χ0n) is 21.1. The summed E-state index contributed by atoms with van der Waals surface area (Å²) in [7, 11) is 0. The quantitative estimate of drug-likeness (QED) is 0.131. The first-order valence-corrected chi connectivity index (χ1v) is 12.6. The van der Waals surface area contributed by atoms with E-state index in [9.17, 15) is 28.6 Å². The maximum atomic E-state index is 13.6. The molecule has 4 aromatic rings. The molecule has 1 saturated heterocycles. The lowest BCUT2D eigenvalue weighted by Crippen LogP contribution is -2.55. The summed E-state index contributed by atoms with van der Waals surface area (Å²) in [6.45, 7) is 0. The Morgan fingerprint density at radius 2 is 1.48 bits per heavy atom. The molecule has 204 valence electrons. The molecule has 1 heterocycles. The molecule has 0 aromatic heterocycles. The van der Waals surface area contributed by atoms with Crippen LogP contribution in [0, 0.1) is 17.6 Å². The summed E-state index contributed by atoms with van der Waals surface area (Å²) in [6, 6.07) is 22.5. The second-order valence-corrected chi connectivity index (χ2v) is 9.55. The zero-order chi connectivity index (χ0) is 28.4. The highest BCUT2D eigenvalue weighted by molar-refractivity contribution is 6.03. The number of benzene rings is 4. The fourth-order valence-electron chi connectivity index (χ4n) is 5.03. The number of aromatic hydroxyl groups is 1. The van der Waals surface area contributed by atoms with Crippen LogP contribution in [0.4, 0.5) is 19.3 Å². The molecule has 40 heavy (non-hydrogen) atoms. The summed E-state index contributed by atoms with van der Waals surface area (Å²) in [5.41, 5.74) is 3.25. The highest BCUT2D eigenvalue weighted by Crippen LogP contribution is 2.46. The van der Waals surface area contributed by atoms with Gasteiger partial charge in [-0.25, -0.2) is 13.6 Å². The van der Waals surface area contributed by atoms with Crippen LogP contribution in [0.3, 0.4) is 0 Å². The lowest BCUT2D eigenvalue weighted by atomic mass is 9.78. The molecule has 1 aliphatic rings. The van der Waals surface area contributed by atoms with E-state index in [0.717, 1.165) is 11.1 Å². The van der Waals surface area contributed by atoms with Crippen molar-refractivity contribution in [1.82, 2.24) is 0 Å². The Bertz CT molecular complexity index is 1520. The largest absolute Gasteiger partial charge is 0.511 e. The number of ether oxygens (including phenoxy) is 1. The number of aliphatic hydroxyl groups is 1. The molecule has 3 N–H and O–H groups in total. The zero-order valence-corrected chi connectivity index (χ0v) is 21.1. The number of phenols is 1. The standard InChI is InChI=1S/C31H25F2NO6/c32-22-8-5-19(6-9-22)26(35)16-14-25-29(34(30(25)37)24-12-10-23(33)11-13-24)20-3-1-18(2-4-20)21-7-15-27(36)28(17-21)40-31(38)39/h1-13,15,17,25-26,29,35-36H,14,16H2,(H,38,39)/t25-,26+,29-/m1/s1. The Hall–Kier alpha value is -4.76. The lowest BCUT2D eigenvalue weighted by Gasteiger charge is -2.48. The number of carboxylic acid groups (broad SMARTS) is 1. The van der Waals surface area contributed by atoms with Gasteiger partial charge in [0.1, 0.15) is 11.6 Å². The fourth-order valence-corrected chi connectivity index (χ4v) is 5.03. The summed E-state index contributed by atoms with van der Waals surface area (Å²) in [4.78, 5) is 25.8. The van der Waals surface area contributed by atoms with Crippen molar-refractivity contribution in [3.05, 3.63) is 114 Å². The number of carbonyl (C=O) groups excluding carboxylic acids is 1. The number of hydrogen-bond donors (Lipinski definition) is 3. The van der Waals surface area contributed by atoms with Crippen molar-refractivity contribution < 1.29 is 38.4 Å². The van der Waals surface area contributed by atoms with Gasteiger partial charge in [-0.2, -0.15) is 0 Å². The third kappa shape index (κ3) is 5.50. The van der Waals surface area contributed by atoms with Crippen LogP contribution in [0.25, 0.3) is 11.1 Å². The average Bonchev–Trinajstić information content (AvgIpc) is 2.94. The van der Waals surface area contributed by atoms with Gasteiger partial charge in [0.15, 0.2) is 11.5 Å². The smallest absolute Gasteiger partial charge is 0.504 e. The molecule has 5 rings (SSSR count). The molecule has 1 aliphatic heterocycles. The number of aliphatic hydroxyl groups excluding tert-OH is 1. The van der Waals surface area contributed by atoms with Crippen molar-refractivity contribution in [3.63, 3.8) is 0 Å². The molecule has 9 heteroatoms. The number of rotatable bonds is 8. The van der Waals surface area contributed by atoms with Gasteiger partial charge in [0.2, 0.25) is 5.91 Å². The number of hydrogen-bond acceptors (Lipinski definition) is 5. The number of nitrogens with zero attached hydrogens (tertiary/aromatic N) is 1. The van der Waals surface area contributed by atoms with Crippen LogP contribution in [-0.2, 0) is 4.79 Å². The van der Waals surface area contributed by atoms with Gasteiger partial charge in [-0.15, -0.1) is 0 Å². The van der Waals surface area contributed by atoms with Crippen molar-refractivity contribution in [3.8, 4) is 22.6 Å². The number of carbonyl (C=O) groups is 2. The van der Waals surface area contributed by atoms with Crippen molar-refractivity contribution >= 4 is 17.7 Å². The molecular weight excluding hydrogens is 520 g/mol. The number of phenolic OH excluding ortho intramolecular Hbond substituents is 1.